The Labute approximate surface area is 190 Å². The molecule has 3 aromatic heterocycles. The van der Waals surface area contributed by atoms with Gasteiger partial charge in [-0.05, 0) is 60.6 Å². The maximum atomic E-state index is 11.7. The van der Waals surface area contributed by atoms with Crippen LogP contribution in [0.5, 0.6) is 0 Å². The third-order valence-electron chi connectivity index (χ3n) is 5.21. The SMILES string of the molecule is CC(=O)c1ccc2nnc(Sc3ccc4ncc(CN5CCOCC5)cc4c3)n2c1.Cl. The zero-order valence-corrected chi connectivity index (χ0v) is 18.7. The van der Waals surface area contributed by atoms with Crippen LogP contribution >= 0.6 is 24.2 Å². The number of morpholine rings is 1. The second-order valence-electron chi connectivity index (χ2n) is 7.37. The number of halogens is 1. The minimum atomic E-state index is 0. The topological polar surface area (TPSA) is 72.6 Å². The van der Waals surface area contributed by atoms with Crippen LogP contribution in [0, 0.1) is 0 Å². The van der Waals surface area contributed by atoms with Gasteiger partial charge in [-0.2, -0.15) is 0 Å². The molecule has 1 aromatic carbocycles. The lowest BCUT2D eigenvalue weighted by atomic mass is 10.1. The fraction of sp³-hybridized carbons (Fsp3) is 0.273. The summed E-state index contributed by atoms with van der Waals surface area (Å²) in [5, 5.41) is 10.3. The van der Waals surface area contributed by atoms with Crippen molar-refractivity contribution < 1.29 is 9.53 Å². The number of aromatic nitrogens is 4. The number of carbonyl (C=O) groups excluding carboxylic acids is 1. The van der Waals surface area contributed by atoms with Crippen LogP contribution in [0.4, 0.5) is 0 Å². The molecule has 1 aliphatic rings. The van der Waals surface area contributed by atoms with Crippen molar-refractivity contribution in [1.82, 2.24) is 24.5 Å². The maximum Gasteiger partial charge on any atom is 0.200 e. The van der Waals surface area contributed by atoms with Gasteiger partial charge >= 0.3 is 0 Å². The number of hydrogen-bond acceptors (Lipinski definition) is 7. The summed E-state index contributed by atoms with van der Waals surface area (Å²) in [5.74, 6) is 0.0196. The Morgan fingerprint density at radius 2 is 1.97 bits per heavy atom. The Morgan fingerprint density at radius 1 is 1.13 bits per heavy atom. The fourth-order valence-corrected chi connectivity index (χ4v) is 4.43. The predicted octanol–water partition coefficient (Wildman–Crippen LogP) is 3.89. The molecule has 0 bridgehead atoms. The normalized spacial score (nSPS) is 14.6. The fourth-order valence-electron chi connectivity index (χ4n) is 3.58. The van der Waals surface area contributed by atoms with Gasteiger partial charge in [-0.1, -0.05) is 0 Å². The lowest BCUT2D eigenvalue weighted by molar-refractivity contribution is 0.0341. The second kappa shape index (κ2) is 9.32. The Morgan fingerprint density at radius 3 is 2.77 bits per heavy atom. The van der Waals surface area contributed by atoms with E-state index in [0.29, 0.717) is 5.56 Å². The van der Waals surface area contributed by atoms with E-state index in [1.54, 1.807) is 19.2 Å². The molecule has 0 unspecified atom stereocenters. The molecule has 0 atom stereocenters. The van der Waals surface area contributed by atoms with Crippen LogP contribution < -0.4 is 0 Å². The maximum absolute atomic E-state index is 11.7. The van der Waals surface area contributed by atoms with Crippen LogP contribution in [0.3, 0.4) is 0 Å². The Bertz CT molecular complexity index is 1240. The summed E-state index contributed by atoms with van der Waals surface area (Å²) < 4.78 is 7.29. The number of ketones is 1. The van der Waals surface area contributed by atoms with Gasteiger partial charge in [0.2, 0.25) is 0 Å². The summed E-state index contributed by atoms with van der Waals surface area (Å²) in [6.45, 7) is 5.93. The van der Waals surface area contributed by atoms with E-state index in [1.165, 1.54) is 17.3 Å². The van der Waals surface area contributed by atoms with Crippen LogP contribution in [-0.4, -0.2) is 56.6 Å². The van der Waals surface area contributed by atoms with Crippen molar-refractivity contribution in [2.24, 2.45) is 0 Å². The first-order valence-electron chi connectivity index (χ1n) is 9.88. The third-order valence-corrected chi connectivity index (χ3v) is 6.16. The molecule has 1 aliphatic heterocycles. The number of fused-ring (bicyclic) bond motifs is 2. The van der Waals surface area contributed by atoms with Gasteiger partial charge in [0, 0.05) is 47.9 Å². The summed E-state index contributed by atoms with van der Waals surface area (Å²) in [4.78, 5) is 19.8. The van der Waals surface area contributed by atoms with Crippen molar-refractivity contribution >= 4 is 46.5 Å². The molecule has 0 spiro atoms. The molecule has 5 rings (SSSR count). The first-order valence-corrected chi connectivity index (χ1v) is 10.7. The van der Waals surface area contributed by atoms with Crippen LogP contribution in [0.15, 0.2) is 58.8 Å². The van der Waals surface area contributed by atoms with Gasteiger partial charge in [0.15, 0.2) is 16.6 Å². The lowest BCUT2D eigenvalue weighted by Crippen LogP contribution is -2.35. The van der Waals surface area contributed by atoms with Crippen LogP contribution in [0.2, 0.25) is 0 Å². The number of rotatable bonds is 5. The van der Waals surface area contributed by atoms with E-state index >= 15 is 0 Å². The monoisotopic (exact) mass is 455 g/mol. The van der Waals surface area contributed by atoms with Crippen molar-refractivity contribution in [3.63, 3.8) is 0 Å². The van der Waals surface area contributed by atoms with Crippen molar-refractivity contribution in [2.45, 2.75) is 23.5 Å². The van der Waals surface area contributed by atoms with Gasteiger partial charge in [0.05, 0.1) is 18.7 Å². The zero-order chi connectivity index (χ0) is 20.5. The minimum Gasteiger partial charge on any atom is -0.379 e. The number of hydrogen-bond donors (Lipinski definition) is 0. The molecule has 1 fully saturated rings. The third kappa shape index (κ3) is 4.72. The van der Waals surface area contributed by atoms with E-state index in [2.05, 4.69) is 32.2 Å². The number of Topliss-reactive ketones (excluding diaryl/α,β-unsaturated/α-hetero) is 1. The Kier molecular flexibility index (Phi) is 6.52. The highest BCUT2D eigenvalue weighted by molar-refractivity contribution is 7.99. The van der Waals surface area contributed by atoms with Crippen molar-refractivity contribution in [3.8, 4) is 0 Å². The molecule has 7 nitrogen and oxygen atoms in total. The average molecular weight is 456 g/mol. The number of pyridine rings is 2. The summed E-state index contributed by atoms with van der Waals surface area (Å²) >= 11 is 1.52. The number of ether oxygens (including phenoxy) is 1. The van der Waals surface area contributed by atoms with Gasteiger partial charge in [-0.25, -0.2) is 0 Å². The molecule has 4 heterocycles. The summed E-state index contributed by atoms with van der Waals surface area (Å²) in [7, 11) is 0. The summed E-state index contributed by atoms with van der Waals surface area (Å²) in [6.07, 6.45) is 3.75. The molecular formula is C22H22ClN5O2S. The molecule has 31 heavy (non-hydrogen) atoms. The van der Waals surface area contributed by atoms with Gasteiger partial charge in [0.1, 0.15) is 0 Å². The molecule has 4 aromatic rings. The standard InChI is InChI=1S/C22H21N5O2S.ClH/c1-15(28)17-2-5-21-24-25-22(27(21)14-17)30-19-3-4-20-18(11-19)10-16(12-23-20)13-26-6-8-29-9-7-26;/h2-5,10-12,14H,6-9,13H2,1H3;1H. The smallest absolute Gasteiger partial charge is 0.200 e. The van der Waals surface area contributed by atoms with E-state index in [4.69, 9.17) is 4.74 Å². The van der Waals surface area contributed by atoms with Gasteiger partial charge in [-0.15, -0.1) is 22.6 Å². The average Bonchev–Trinajstić information content (AvgIpc) is 3.16. The first-order chi connectivity index (χ1) is 14.7. The summed E-state index contributed by atoms with van der Waals surface area (Å²) in [5.41, 5.74) is 3.53. The highest BCUT2D eigenvalue weighted by atomic mass is 35.5. The van der Waals surface area contributed by atoms with Crippen LogP contribution in [0.1, 0.15) is 22.8 Å². The highest BCUT2D eigenvalue weighted by Crippen LogP contribution is 2.29. The molecule has 9 heteroatoms. The minimum absolute atomic E-state index is 0. The quantitative estimate of drug-likeness (QED) is 0.423. The van der Waals surface area contributed by atoms with E-state index in [1.807, 2.05) is 28.8 Å². The first kappa shape index (κ1) is 21.7. The second-order valence-corrected chi connectivity index (χ2v) is 8.41. The molecule has 0 saturated carbocycles. The number of nitrogens with zero attached hydrogens (tertiary/aromatic N) is 5. The number of carbonyl (C=O) groups is 1. The van der Waals surface area contributed by atoms with Crippen molar-refractivity contribution in [2.75, 3.05) is 26.3 Å². The molecule has 0 aliphatic carbocycles. The van der Waals surface area contributed by atoms with Crippen molar-refractivity contribution in [1.29, 1.82) is 0 Å². The molecule has 0 amide bonds. The van der Waals surface area contributed by atoms with E-state index in [9.17, 15) is 4.79 Å². The largest absolute Gasteiger partial charge is 0.379 e. The van der Waals surface area contributed by atoms with E-state index in [-0.39, 0.29) is 18.2 Å². The molecule has 1 saturated heterocycles. The number of benzene rings is 1. The lowest BCUT2D eigenvalue weighted by Gasteiger charge is -2.26. The molecule has 0 radical (unpaired) electrons. The van der Waals surface area contributed by atoms with Gasteiger partial charge in [-0.3, -0.25) is 19.1 Å². The van der Waals surface area contributed by atoms with Crippen molar-refractivity contribution in [3.05, 3.63) is 59.9 Å². The molecular weight excluding hydrogens is 434 g/mol. The highest BCUT2D eigenvalue weighted by Gasteiger charge is 2.13. The molecule has 160 valence electrons. The van der Waals surface area contributed by atoms with E-state index < -0.39 is 0 Å². The van der Waals surface area contributed by atoms with Gasteiger partial charge < -0.3 is 4.74 Å². The van der Waals surface area contributed by atoms with Crippen LogP contribution in [0.25, 0.3) is 16.6 Å². The Hall–Kier alpha value is -2.52. The predicted molar refractivity (Wildman–Crippen MR) is 122 cm³/mol. The van der Waals surface area contributed by atoms with Gasteiger partial charge in [0.25, 0.3) is 0 Å². The van der Waals surface area contributed by atoms with Crippen LogP contribution in [-0.2, 0) is 11.3 Å². The Balaban J connectivity index is 0.00000231. The van der Waals surface area contributed by atoms with E-state index in [0.717, 1.165) is 59.5 Å². The zero-order valence-electron chi connectivity index (χ0n) is 17.0. The molecule has 0 N–H and O–H groups in total. The summed E-state index contributed by atoms with van der Waals surface area (Å²) in [6, 6.07) is 12.0.